The molecule has 0 atom stereocenters. The maximum atomic E-state index is 13.5. The molecule has 1 amide bonds. The van der Waals surface area contributed by atoms with E-state index in [4.69, 9.17) is 4.42 Å². The number of hydrogen-bond donors (Lipinski definition) is 1. The molecule has 1 aliphatic heterocycles. The maximum absolute atomic E-state index is 13.5. The molecule has 0 fully saturated rings. The Morgan fingerprint density at radius 2 is 1.97 bits per heavy atom. The number of hydrogen-bond acceptors (Lipinski definition) is 4. The Labute approximate surface area is 168 Å². The molecule has 6 nitrogen and oxygen atoms in total. The summed E-state index contributed by atoms with van der Waals surface area (Å²) in [6.45, 7) is 2.43. The zero-order chi connectivity index (χ0) is 20.6. The molecular weight excluding hydrogens is 395 g/mol. The van der Waals surface area contributed by atoms with Gasteiger partial charge in [-0.05, 0) is 72.5 Å². The molecular formula is C21H19FN2O4S. The van der Waals surface area contributed by atoms with E-state index < -0.39 is 15.8 Å². The van der Waals surface area contributed by atoms with Crippen LogP contribution in [-0.4, -0.2) is 25.8 Å². The van der Waals surface area contributed by atoms with Crippen molar-refractivity contribution in [3.8, 4) is 0 Å². The summed E-state index contributed by atoms with van der Waals surface area (Å²) in [5, 5.41) is 0. The zero-order valence-electron chi connectivity index (χ0n) is 15.7. The summed E-state index contributed by atoms with van der Waals surface area (Å²) in [7, 11) is -3.86. The van der Waals surface area contributed by atoms with Crippen LogP contribution in [0.3, 0.4) is 0 Å². The van der Waals surface area contributed by atoms with Gasteiger partial charge < -0.3 is 9.32 Å². The van der Waals surface area contributed by atoms with Crippen LogP contribution in [0.25, 0.3) is 0 Å². The number of benzene rings is 2. The lowest BCUT2D eigenvalue weighted by Gasteiger charge is -2.28. The SMILES string of the molecule is Cc1cc(S(=O)(=O)Nc2ccc3c(c2)CN(C(=O)c2ccco2)CC3)ccc1F. The summed E-state index contributed by atoms with van der Waals surface area (Å²) in [6, 6.07) is 12.2. The van der Waals surface area contributed by atoms with Crippen LogP contribution in [-0.2, 0) is 23.0 Å². The predicted octanol–water partition coefficient (Wildman–Crippen LogP) is 3.73. The van der Waals surface area contributed by atoms with E-state index in [9.17, 15) is 17.6 Å². The number of carbonyl (C=O) groups excluding carboxylic acids is 1. The second-order valence-corrected chi connectivity index (χ2v) is 8.64. The van der Waals surface area contributed by atoms with Crippen LogP contribution >= 0.6 is 0 Å². The number of carbonyl (C=O) groups is 1. The monoisotopic (exact) mass is 414 g/mol. The number of amides is 1. The van der Waals surface area contributed by atoms with Gasteiger partial charge in [0.2, 0.25) is 0 Å². The molecule has 1 aromatic heterocycles. The normalized spacial score (nSPS) is 13.8. The van der Waals surface area contributed by atoms with E-state index in [1.165, 1.54) is 25.3 Å². The van der Waals surface area contributed by atoms with Crippen LogP contribution < -0.4 is 4.72 Å². The highest BCUT2D eigenvalue weighted by molar-refractivity contribution is 7.92. The van der Waals surface area contributed by atoms with Crippen LogP contribution in [0.4, 0.5) is 10.1 Å². The summed E-state index contributed by atoms with van der Waals surface area (Å²) < 4.78 is 46.5. The number of sulfonamides is 1. The first kappa shape index (κ1) is 19.2. The second kappa shape index (κ2) is 7.36. The van der Waals surface area contributed by atoms with Crippen molar-refractivity contribution >= 4 is 21.6 Å². The smallest absolute Gasteiger partial charge is 0.289 e. The molecule has 1 aliphatic rings. The molecule has 2 aromatic carbocycles. The average molecular weight is 414 g/mol. The van der Waals surface area contributed by atoms with E-state index in [0.717, 1.165) is 17.2 Å². The minimum Gasteiger partial charge on any atom is -0.459 e. The van der Waals surface area contributed by atoms with E-state index in [1.54, 1.807) is 29.2 Å². The van der Waals surface area contributed by atoms with Crippen LogP contribution in [0.2, 0.25) is 0 Å². The molecule has 1 N–H and O–H groups in total. The Morgan fingerprint density at radius 1 is 1.14 bits per heavy atom. The number of rotatable bonds is 4. The van der Waals surface area contributed by atoms with Gasteiger partial charge in [-0.2, -0.15) is 0 Å². The molecule has 0 saturated heterocycles. The average Bonchev–Trinajstić information content (AvgIpc) is 3.23. The van der Waals surface area contributed by atoms with Gasteiger partial charge in [0.25, 0.3) is 15.9 Å². The molecule has 0 aliphatic carbocycles. The van der Waals surface area contributed by atoms with Crippen LogP contribution in [0.15, 0.2) is 64.1 Å². The Balaban J connectivity index is 1.56. The quantitative estimate of drug-likeness (QED) is 0.706. The number of furan rings is 1. The van der Waals surface area contributed by atoms with Crippen molar-refractivity contribution in [3.05, 3.63) is 83.1 Å². The Hall–Kier alpha value is -3.13. The standard InChI is InChI=1S/C21H19FN2O4S/c1-14-11-18(6-7-19(14)22)29(26,27)23-17-5-4-15-8-9-24(13-16(15)12-17)21(25)20-3-2-10-28-20/h2-7,10-12,23H,8-9,13H2,1H3. The molecule has 0 saturated carbocycles. The van der Waals surface area contributed by atoms with Gasteiger partial charge in [-0.3, -0.25) is 9.52 Å². The lowest BCUT2D eigenvalue weighted by Crippen LogP contribution is -2.35. The van der Waals surface area contributed by atoms with Crippen molar-refractivity contribution in [1.29, 1.82) is 0 Å². The van der Waals surface area contributed by atoms with Crippen molar-refractivity contribution in [2.75, 3.05) is 11.3 Å². The third-order valence-corrected chi connectivity index (χ3v) is 6.31. The molecule has 8 heteroatoms. The number of nitrogens with one attached hydrogen (secondary N) is 1. The summed E-state index contributed by atoms with van der Waals surface area (Å²) in [4.78, 5) is 14.2. The largest absolute Gasteiger partial charge is 0.459 e. The lowest BCUT2D eigenvalue weighted by molar-refractivity contribution is 0.0702. The van der Waals surface area contributed by atoms with Crippen LogP contribution in [0.1, 0.15) is 27.2 Å². The highest BCUT2D eigenvalue weighted by Crippen LogP contribution is 2.26. The first-order valence-electron chi connectivity index (χ1n) is 9.07. The molecule has 3 aromatic rings. The molecule has 4 rings (SSSR count). The Morgan fingerprint density at radius 3 is 2.69 bits per heavy atom. The van der Waals surface area contributed by atoms with Gasteiger partial charge in [-0.1, -0.05) is 6.07 Å². The number of nitrogens with zero attached hydrogens (tertiary/aromatic N) is 1. The van der Waals surface area contributed by atoms with Crippen molar-refractivity contribution in [2.24, 2.45) is 0 Å². The lowest BCUT2D eigenvalue weighted by atomic mass is 9.99. The molecule has 0 bridgehead atoms. The molecule has 2 heterocycles. The summed E-state index contributed by atoms with van der Waals surface area (Å²) in [6.07, 6.45) is 2.13. The molecule has 0 unspecified atom stereocenters. The Kier molecular flexibility index (Phi) is 4.87. The maximum Gasteiger partial charge on any atom is 0.289 e. The Bertz CT molecular complexity index is 1170. The molecule has 29 heavy (non-hydrogen) atoms. The summed E-state index contributed by atoms with van der Waals surface area (Å²) >= 11 is 0. The summed E-state index contributed by atoms with van der Waals surface area (Å²) in [5.74, 6) is -0.385. The van der Waals surface area contributed by atoms with Gasteiger partial charge in [0.05, 0.1) is 11.2 Å². The van der Waals surface area contributed by atoms with Crippen molar-refractivity contribution in [2.45, 2.75) is 24.8 Å². The first-order valence-corrected chi connectivity index (χ1v) is 10.6. The fourth-order valence-corrected chi connectivity index (χ4v) is 4.48. The second-order valence-electron chi connectivity index (χ2n) is 6.95. The van der Waals surface area contributed by atoms with Gasteiger partial charge in [0.15, 0.2) is 5.76 Å². The fourth-order valence-electron chi connectivity index (χ4n) is 3.35. The molecule has 0 radical (unpaired) electrons. The highest BCUT2D eigenvalue weighted by atomic mass is 32.2. The minimum absolute atomic E-state index is 0.0104. The molecule has 150 valence electrons. The fraction of sp³-hybridized carbons (Fsp3) is 0.190. The number of aryl methyl sites for hydroxylation is 1. The zero-order valence-corrected chi connectivity index (χ0v) is 16.5. The highest BCUT2D eigenvalue weighted by Gasteiger charge is 2.24. The minimum atomic E-state index is -3.86. The van der Waals surface area contributed by atoms with E-state index >= 15 is 0 Å². The van der Waals surface area contributed by atoms with Crippen molar-refractivity contribution in [3.63, 3.8) is 0 Å². The van der Waals surface area contributed by atoms with E-state index in [-0.39, 0.29) is 22.1 Å². The van der Waals surface area contributed by atoms with Crippen molar-refractivity contribution in [1.82, 2.24) is 4.90 Å². The van der Waals surface area contributed by atoms with E-state index in [2.05, 4.69) is 4.72 Å². The van der Waals surface area contributed by atoms with Gasteiger partial charge in [-0.25, -0.2) is 12.8 Å². The number of fused-ring (bicyclic) bond motifs is 1. The predicted molar refractivity (Wildman–Crippen MR) is 106 cm³/mol. The van der Waals surface area contributed by atoms with Crippen LogP contribution in [0, 0.1) is 12.7 Å². The van der Waals surface area contributed by atoms with E-state index in [0.29, 0.717) is 25.2 Å². The number of halogens is 1. The first-order chi connectivity index (χ1) is 13.8. The number of anilines is 1. The van der Waals surface area contributed by atoms with Gasteiger partial charge in [0, 0.05) is 18.8 Å². The van der Waals surface area contributed by atoms with Gasteiger partial charge >= 0.3 is 0 Å². The molecule has 0 spiro atoms. The third kappa shape index (κ3) is 3.88. The van der Waals surface area contributed by atoms with Crippen LogP contribution in [0.5, 0.6) is 0 Å². The van der Waals surface area contributed by atoms with Crippen molar-refractivity contribution < 1.29 is 22.0 Å². The summed E-state index contributed by atoms with van der Waals surface area (Å²) in [5.41, 5.74) is 2.57. The van der Waals surface area contributed by atoms with Gasteiger partial charge in [0.1, 0.15) is 5.82 Å². The third-order valence-electron chi connectivity index (χ3n) is 4.93. The van der Waals surface area contributed by atoms with E-state index in [1.807, 2.05) is 6.07 Å². The van der Waals surface area contributed by atoms with Gasteiger partial charge in [-0.15, -0.1) is 0 Å². The topological polar surface area (TPSA) is 79.6 Å².